The van der Waals surface area contributed by atoms with Gasteiger partial charge in [-0.15, -0.1) is 0 Å². The summed E-state index contributed by atoms with van der Waals surface area (Å²) in [5, 5.41) is 0. The molecule has 0 fully saturated rings. The van der Waals surface area contributed by atoms with E-state index >= 15 is 0 Å². The predicted octanol–water partition coefficient (Wildman–Crippen LogP) is 1.84. The molecule has 0 aromatic carbocycles. The molecule has 1 rings (SSSR count). The van der Waals surface area contributed by atoms with Gasteiger partial charge in [0.05, 0.1) is 0 Å². The molecule has 0 bridgehead atoms. The van der Waals surface area contributed by atoms with Gasteiger partial charge in [-0.3, -0.25) is 0 Å². The number of rotatable bonds is 1. The lowest BCUT2D eigenvalue weighted by Crippen LogP contribution is -2.13. The third-order valence-electron chi connectivity index (χ3n) is 1.27. The summed E-state index contributed by atoms with van der Waals surface area (Å²) in [6, 6.07) is 0. The predicted molar refractivity (Wildman–Crippen MR) is 52.9 cm³/mol. The average molecular weight is 242 g/mol. The van der Waals surface area contributed by atoms with Gasteiger partial charge < -0.3 is 5.73 Å². The number of nitrogen functional groups attached to an aromatic ring is 1. The smallest absolute Gasteiger partial charge is 0.250 e. The SMILES string of the molecule is CCc1nc(N)nc(C(Cl)(Cl)Cl)n1. The van der Waals surface area contributed by atoms with Gasteiger partial charge in [0.25, 0.3) is 0 Å². The molecular formula is C6H7Cl3N4. The van der Waals surface area contributed by atoms with Crippen molar-refractivity contribution in [3.05, 3.63) is 11.6 Å². The van der Waals surface area contributed by atoms with E-state index in [1.54, 1.807) is 0 Å². The van der Waals surface area contributed by atoms with Crippen LogP contribution in [0.5, 0.6) is 0 Å². The van der Waals surface area contributed by atoms with Gasteiger partial charge in [0, 0.05) is 6.42 Å². The lowest BCUT2D eigenvalue weighted by Gasteiger charge is -2.09. The fraction of sp³-hybridized carbons (Fsp3) is 0.500. The Balaban J connectivity index is 3.16. The Kier molecular flexibility index (Phi) is 3.16. The first kappa shape index (κ1) is 10.8. The summed E-state index contributed by atoms with van der Waals surface area (Å²) in [7, 11) is 0. The van der Waals surface area contributed by atoms with E-state index in [2.05, 4.69) is 15.0 Å². The van der Waals surface area contributed by atoms with Crippen molar-refractivity contribution in [1.82, 2.24) is 15.0 Å². The van der Waals surface area contributed by atoms with Gasteiger partial charge in [-0.1, -0.05) is 41.7 Å². The van der Waals surface area contributed by atoms with Crippen LogP contribution in [0.25, 0.3) is 0 Å². The monoisotopic (exact) mass is 240 g/mol. The third-order valence-corrected chi connectivity index (χ3v) is 1.78. The Morgan fingerprint density at radius 1 is 1.23 bits per heavy atom. The van der Waals surface area contributed by atoms with Crippen molar-refractivity contribution in [2.24, 2.45) is 0 Å². The number of nitrogens with zero attached hydrogens (tertiary/aromatic N) is 3. The van der Waals surface area contributed by atoms with E-state index in [1.807, 2.05) is 6.92 Å². The van der Waals surface area contributed by atoms with Crippen LogP contribution < -0.4 is 5.73 Å². The lowest BCUT2D eigenvalue weighted by atomic mass is 10.4. The second-order valence-electron chi connectivity index (χ2n) is 2.28. The first-order valence-electron chi connectivity index (χ1n) is 3.51. The molecule has 0 saturated heterocycles. The van der Waals surface area contributed by atoms with Gasteiger partial charge in [0.15, 0.2) is 5.82 Å². The van der Waals surface area contributed by atoms with E-state index in [0.29, 0.717) is 12.2 Å². The Bertz CT molecular complexity index is 309. The second kappa shape index (κ2) is 3.82. The second-order valence-corrected chi connectivity index (χ2v) is 4.57. The average Bonchev–Trinajstić information content (AvgIpc) is 2.01. The van der Waals surface area contributed by atoms with Gasteiger partial charge in [-0.05, 0) is 0 Å². The molecule has 1 aromatic rings. The first-order chi connectivity index (χ1) is 5.93. The molecule has 1 heterocycles. The molecule has 0 radical (unpaired) electrons. The number of hydrogen-bond donors (Lipinski definition) is 1. The Labute approximate surface area is 90.4 Å². The van der Waals surface area contributed by atoms with Crippen LogP contribution in [0.1, 0.15) is 18.6 Å². The standard InChI is InChI=1S/C6H7Cl3N4/c1-2-3-11-4(6(7,8)9)13-5(10)12-3/h2H2,1H3,(H2,10,11,12,13). The summed E-state index contributed by atoms with van der Waals surface area (Å²) in [5.74, 6) is 0.629. The van der Waals surface area contributed by atoms with Crippen molar-refractivity contribution in [3.63, 3.8) is 0 Å². The van der Waals surface area contributed by atoms with Crippen LogP contribution >= 0.6 is 34.8 Å². The number of anilines is 1. The van der Waals surface area contributed by atoms with Crippen molar-refractivity contribution in [1.29, 1.82) is 0 Å². The minimum Gasteiger partial charge on any atom is -0.368 e. The van der Waals surface area contributed by atoms with Gasteiger partial charge in [0.1, 0.15) is 5.82 Å². The molecule has 0 saturated carbocycles. The fourth-order valence-corrected chi connectivity index (χ4v) is 0.976. The summed E-state index contributed by atoms with van der Waals surface area (Å²) in [5.41, 5.74) is 5.39. The van der Waals surface area contributed by atoms with Crippen molar-refractivity contribution >= 4 is 40.8 Å². The van der Waals surface area contributed by atoms with Crippen LogP contribution in [0.15, 0.2) is 0 Å². The minimum absolute atomic E-state index is 0.0573. The van der Waals surface area contributed by atoms with Gasteiger partial charge >= 0.3 is 0 Å². The van der Waals surface area contributed by atoms with Crippen molar-refractivity contribution in [3.8, 4) is 0 Å². The van der Waals surface area contributed by atoms with Crippen molar-refractivity contribution in [2.45, 2.75) is 17.1 Å². The van der Waals surface area contributed by atoms with Crippen LogP contribution in [0.4, 0.5) is 5.95 Å². The van der Waals surface area contributed by atoms with Crippen molar-refractivity contribution < 1.29 is 0 Å². The van der Waals surface area contributed by atoms with Crippen LogP contribution in [-0.2, 0) is 10.2 Å². The van der Waals surface area contributed by atoms with E-state index in [1.165, 1.54) is 0 Å². The highest BCUT2D eigenvalue weighted by Gasteiger charge is 2.27. The van der Waals surface area contributed by atoms with Crippen LogP contribution in [0.2, 0.25) is 0 Å². The van der Waals surface area contributed by atoms with E-state index in [9.17, 15) is 0 Å². The van der Waals surface area contributed by atoms with Crippen LogP contribution in [-0.4, -0.2) is 15.0 Å². The maximum absolute atomic E-state index is 5.58. The number of hydrogen-bond acceptors (Lipinski definition) is 4. The Morgan fingerprint density at radius 2 is 1.85 bits per heavy atom. The largest absolute Gasteiger partial charge is 0.368 e. The van der Waals surface area contributed by atoms with Gasteiger partial charge in [-0.2, -0.15) is 9.97 Å². The maximum Gasteiger partial charge on any atom is 0.250 e. The molecule has 0 aliphatic heterocycles. The molecule has 72 valence electrons. The quantitative estimate of drug-likeness (QED) is 0.762. The fourth-order valence-electron chi connectivity index (χ4n) is 0.723. The molecule has 2 N–H and O–H groups in total. The molecule has 0 amide bonds. The molecule has 1 aromatic heterocycles. The summed E-state index contributed by atoms with van der Waals surface area (Å²) in [4.78, 5) is 11.5. The summed E-state index contributed by atoms with van der Waals surface area (Å²) >= 11 is 16.7. The Morgan fingerprint density at radius 3 is 2.31 bits per heavy atom. The van der Waals surface area contributed by atoms with Crippen LogP contribution in [0, 0.1) is 0 Å². The molecule has 13 heavy (non-hydrogen) atoms. The molecule has 0 atom stereocenters. The number of alkyl halides is 3. The van der Waals surface area contributed by atoms with E-state index in [4.69, 9.17) is 40.5 Å². The molecule has 0 aliphatic rings. The summed E-state index contributed by atoms with van der Waals surface area (Å²) in [6.45, 7) is 1.87. The van der Waals surface area contributed by atoms with E-state index < -0.39 is 3.79 Å². The van der Waals surface area contributed by atoms with Gasteiger partial charge in [-0.25, -0.2) is 4.98 Å². The highest BCUT2D eigenvalue weighted by atomic mass is 35.6. The highest BCUT2D eigenvalue weighted by molar-refractivity contribution is 6.66. The van der Waals surface area contributed by atoms with Crippen LogP contribution in [0.3, 0.4) is 0 Å². The van der Waals surface area contributed by atoms with E-state index in [0.717, 1.165) is 0 Å². The Hall–Kier alpha value is -0.320. The number of halogens is 3. The molecule has 0 spiro atoms. The normalized spacial score (nSPS) is 11.7. The number of nitrogens with two attached hydrogens (primary N) is 1. The van der Waals surface area contributed by atoms with Crippen molar-refractivity contribution in [2.75, 3.05) is 5.73 Å². The molecule has 0 unspecified atom stereocenters. The molecule has 7 heteroatoms. The summed E-state index contributed by atoms with van der Waals surface area (Å²) in [6.07, 6.45) is 0.612. The molecule has 0 aliphatic carbocycles. The van der Waals surface area contributed by atoms with E-state index in [-0.39, 0.29) is 11.8 Å². The first-order valence-corrected chi connectivity index (χ1v) is 4.64. The molecule has 4 nitrogen and oxygen atoms in total. The topological polar surface area (TPSA) is 64.7 Å². The number of aromatic nitrogens is 3. The van der Waals surface area contributed by atoms with Gasteiger partial charge in [0.2, 0.25) is 9.74 Å². The minimum atomic E-state index is -1.65. The zero-order valence-corrected chi connectivity index (χ0v) is 9.03. The molecular weight excluding hydrogens is 234 g/mol. The highest BCUT2D eigenvalue weighted by Crippen LogP contribution is 2.35. The zero-order chi connectivity index (χ0) is 10.1. The maximum atomic E-state index is 5.58. The lowest BCUT2D eigenvalue weighted by molar-refractivity contribution is 0.843. The summed E-state index contributed by atoms with van der Waals surface area (Å²) < 4.78 is -1.65. The zero-order valence-electron chi connectivity index (χ0n) is 6.76. The third kappa shape index (κ3) is 2.83. The number of aryl methyl sites for hydroxylation is 1.